The summed E-state index contributed by atoms with van der Waals surface area (Å²) in [5.74, 6) is -0.631. The van der Waals surface area contributed by atoms with Gasteiger partial charge in [-0.05, 0) is 36.1 Å². The summed E-state index contributed by atoms with van der Waals surface area (Å²) >= 11 is 5.91. The molecule has 2 N–H and O–H groups in total. The second kappa shape index (κ2) is 8.03. The van der Waals surface area contributed by atoms with Gasteiger partial charge in [-0.3, -0.25) is 4.79 Å². The fourth-order valence-electron chi connectivity index (χ4n) is 2.57. The summed E-state index contributed by atoms with van der Waals surface area (Å²) in [6.45, 7) is 0.724. The first kappa shape index (κ1) is 16.6. The first-order valence-electron chi connectivity index (χ1n) is 7.47. The van der Waals surface area contributed by atoms with E-state index in [0.717, 1.165) is 36.8 Å². The number of fused-ring (bicyclic) bond motifs is 2. The molecular weight excluding hydrogens is 306 g/mol. The molecule has 0 spiro atoms. The van der Waals surface area contributed by atoms with Gasteiger partial charge in [-0.1, -0.05) is 36.9 Å². The fourth-order valence-corrected chi connectivity index (χ4v) is 2.75. The number of alkyl carbamates (subject to hydrolysis) is 1. The van der Waals surface area contributed by atoms with Gasteiger partial charge in [-0.15, -0.1) is 0 Å². The van der Waals surface area contributed by atoms with Gasteiger partial charge < -0.3 is 15.2 Å². The van der Waals surface area contributed by atoms with E-state index in [0.29, 0.717) is 18.2 Å². The molecule has 1 aromatic carbocycles. The van der Waals surface area contributed by atoms with E-state index in [1.165, 1.54) is 6.42 Å². The summed E-state index contributed by atoms with van der Waals surface area (Å²) in [4.78, 5) is 21.3. The van der Waals surface area contributed by atoms with Gasteiger partial charge in [0.25, 0.3) is 0 Å². The topological polar surface area (TPSA) is 75.6 Å². The van der Waals surface area contributed by atoms with Crippen LogP contribution in [0.4, 0.5) is 4.79 Å². The van der Waals surface area contributed by atoms with Crippen molar-refractivity contribution in [3.05, 3.63) is 34.3 Å². The van der Waals surface area contributed by atoms with Crippen molar-refractivity contribution in [2.24, 2.45) is 5.92 Å². The molecule has 3 rings (SSSR count). The molecule has 1 aliphatic carbocycles. The molecule has 2 bridgehead atoms. The van der Waals surface area contributed by atoms with Gasteiger partial charge in [0.1, 0.15) is 6.61 Å². The number of aliphatic carboxylic acids is 1. The largest absolute Gasteiger partial charge is 0.481 e. The molecule has 120 valence electrons. The number of amides is 1. The molecule has 1 aromatic rings. The third-order valence-electron chi connectivity index (χ3n) is 3.86. The number of carbonyl (C=O) groups excluding carboxylic acids is 1. The van der Waals surface area contributed by atoms with Gasteiger partial charge in [0.05, 0.1) is 5.92 Å². The Morgan fingerprint density at radius 3 is 2.64 bits per heavy atom. The van der Waals surface area contributed by atoms with E-state index in [1.54, 1.807) is 0 Å². The van der Waals surface area contributed by atoms with Crippen molar-refractivity contribution in [1.82, 2.24) is 5.32 Å². The van der Waals surface area contributed by atoms with Crippen LogP contribution in [0.1, 0.15) is 43.2 Å². The van der Waals surface area contributed by atoms with Crippen LogP contribution in [0.5, 0.6) is 0 Å². The minimum Gasteiger partial charge on any atom is -0.481 e. The molecule has 1 aliphatic heterocycles. The summed E-state index contributed by atoms with van der Waals surface area (Å²) in [5, 5.41) is 11.8. The quantitative estimate of drug-likeness (QED) is 0.825. The second-order valence-electron chi connectivity index (χ2n) is 5.53. The Bertz CT molecular complexity index is 541. The molecule has 0 atom stereocenters. The zero-order valence-electron chi connectivity index (χ0n) is 12.3. The van der Waals surface area contributed by atoms with Crippen LogP contribution in [0.15, 0.2) is 18.2 Å². The fraction of sp³-hybridized carbons (Fsp3) is 0.500. The number of carboxylic acids is 1. The van der Waals surface area contributed by atoms with Crippen LogP contribution in [0, 0.1) is 5.92 Å². The molecule has 6 heteroatoms. The lowest BCUT2D eigenvalue weighted by molar-refractivity contribution is -0.142. The smallest absolute Gasteiger partial charge is 0.407 e. The predicted octanol–water partition coefficient (Wildman–Crippen LogP) is 3.73. The summed E-state index contributed by atoms with van der Waals surface area (Å²) in [6.07, 6.45) is 4.84. The monoisotopic (exact) mass is 325 g/mol. The molecule has 0 saturated heterocycles. The predicted molar refractivity (Wildman–Crippen MR) is 82.7 cm³/mol. The van der Waals surface area contributed by atoms with Crippen molar-refractivity contribution in [2.75, 3.05) is 0 Å². The molecule has 1 fully saturated rings. The normalized spacial score (nSPS) is 18.0. The maximum Gasteiger partial charge on any atom is 0.407 e. The van der Waals surface area contributed by atoms with Crippen LogP contribution < -0.4 is 5.32 Å². The summed E-state index contributed by atoms with van der Waals surface area (Å²) < 4.78 is 4.87. The highest BCUT2D eigenvalue weighted by Gasteiger charge is 2.19. The number of ether oxygens (including phenoxy) is 1. The Hall–Kier alpha value is -1.75. The van der Waals surface area contributed by atoms with Crippen LogP contribution in [0.3, 0.4) is 0 Å². The number of hydrogen-bond acceptors (Lipinski definition) is 3. The lowest BCUT2D eigenvalue weighted by Crippen LogP contribution is -2.25. The Morgan fingerprint density at radius 2 is 2.00 bits per heavy atom. The number of cyclic esters (lactones) is 1. The van der Waals surface area contributed by atoms with E-state index >= 15 is 0 Å². The van der Waals surface area contributed by atoms with Crippen molar-refractivity contribution in [1.29, 1.82) is 0 Å². The van der Waals surface area contributed by atoms with E-state index in [1.807, 2.05) is 18.2 Å². The first-order chi connectivity index (χ1) is 10.6. The number of carbonyl (C=O) groups is 2. The van der Waals surface area contributed by atoms with E-state index in [9.17, 15) is 9.59 Å². The molecule has 0 unspecified atom stereocenters. The zero-order chi connectivity index (χ0) is 15.9. The minimum absolute atomic E-state index is 0.0289. The van der Waals surface area contributed by atoms with Crippen LogP contribution in [0.25, 0.3) is 0 Å². The van der Waals surface area contributed by atoms with Crippen molar-refractivity contribution in [3.63, 3.8) is 0 Å². The Kier molecular flexibility index (Phi) is 6.07. The second-order valence-corrected chi connectivity index (χ2v) is 5.94. The minimum atomic E-state index is -0.602. The van der Waals surface area contributed by atoms with Gasteiger partial charge in [-0.25, -0.2) is 4.79 Å². The number of halogens is 1. The average Bonchev–Trinajstić information content (AvgIpc) is 2.52. The third kappa shape index (κ3) is 4.91. The van der Waals surface area contributed by atoms with Gasteiger partial charge in [0.15, 0.2) is 0 Å². The van der Waals surface area contributed by atoms with Crippen molar-refractivity contribution in [3.8, 4) is 0 Å². The van der Waals surface area contributed by atoms with Crippen LogP contribution in [-0.4, -0.2) is 17.2 Å². The van der Waals surface area contributed by atoms with E-state index in [-0.39, 0.29) is 5.92 Å². The first-order valence-corrected chi connectivity index (χ1v) is 7.85. The van der Waals surface area contributed by atoms with Crippen molar-refractivity contribution in [2.45, 2.75) is 45.3 Å². The number of hydrogen-bond donors (Lipinski definition) is 2. The maximum atomic E-state index is 10.9. The molecule has 5 nitrogen and oxygen atoms in total. The zero-order valence-corrected chi connectivity index (χ0v) is 13.1. The van der Waals surface area contributed by atoms with Crippen LogP contribution >= 0.6 is 11.6 Å². The number of nitrogens with one attached hydrogen (secondary N) is 1. The molecular formula is C16H20ClNO4. The molecule has 2 aliphatic rings. The Morgan fingerprint density at radius 1 is 1.27 bits per heavy atom. The SMILES string of the molecule is O=C(O)C1CCCCC1.O=C1NCc2cc(ccc2Cl)CO1. The highest BCUT2D eigenvalue weighted by atomic mass is 35.5. The highest BCUT2D eigenvalue weighted by molar-refractivity contribution is 6.31. The van der Waals surface area contributed by atoms with Crippen molar-refractivity contribution >= 4 is 23.7 Å². The Labute approximate surface area is 134 Å². The lowest BCUT2D eigenvalue weighted by Gasteiger charge is -2.16. The molecule has 1 saturated carbocycles. The number of benzene rings is 1. The van der Waals surface area contributed by atoms with Gasteiger partial charge in [0, 0.05) is 11.6 Å². The lowest BCUT2D eigenvalue weighted by atomic mass is 9.90. The number of rotatable bonds is 1. The van der Waals surface area contributed by atoms with Crippen LogP contribution in [-0.2, 0) is 22.7 Å². The van der Waals surface area contributed by atoms with Gasteiger partial charge in [0.2, 0.25) is 0 Å². The summed E-state index contributed by atoms with van der Waals surface area (Å²) in [5.41, 5.74) is 1.89. The molecule has 0 radical (unpaired) electrons. The van der Waals surface area contributed by atoms with Gasteiger partial charge in [-0.2, -0.15) is 0 Å². The van der Waals surface area contributed by atoms with Gasteiger partial charge >= 0.3 is 12.1 Å². The highest BCUT2D eigenvalue weighted by Crippen LogP contribution is 2.23. The molecule has 1 heterocycles. The van der Waals surface area contributed by atoms with E-state index in [4.69, 9.17) is 21.4 Å². The van der Waals surface area contributed by atoms with E-state index in [2.05, 4.69) is 5.32 Å². The summed E-state index contributed by atoms with van der Waals surface area (Å²) in [7, 11) is 0. The molecule has 1 amide bonds. The maximum absolute atomic E-state index is 10.9. The number of carboxylic acid groups (broad SMARTS) is 1. The molecule has 0 aromatic heterocycles. The summed E-state index contributed by atoms with van der Waals surface area (Å²) in [6, 6.07) is 5.60. The Balaban J connectivity index is 0.000000172. The van der Waals surface area contributed by atoms with E-state index < -0.39 is 12.1 Å². The average molecular weight is 326 g/mol. The third-order valence-corrected chi connectivity index (χ3v) is 4.23. The van der Waals surface area contributed by atoms with Crippen molar-refractivity contribution < 1.29 is 19.4 Å². The molecule has 22 heavy (non-hydrogen) atoms. The van der Waals surface area contributed by atoms with Crippen LogP contribution in [0.2, 0.25) is 5.02 Å². The standard InChI is InChI=1S/C9H8ClNO2.C7H12O2/c10-8-2-1-6-3-7(8)4-11-9(12)13-5-6;8-7(9)6-4-2-1-3-5-6/h1-3H,4-5H2,(H,11,12);6H,1-5H2,(H,8,9).